The Morgan fingerprint density at radius 3 is 2.32 bits per heavy atom. The first-order chi connectivity index (χ1) is 9.36. The second-order valence-corrected chi connectivity index (χ2v) is 5.83. The van der Waals surface area contributed by atoms with Crippen LogP contribution in [-0.4, -0.2) is 12.6 Å². The molecule has 2 saturated carbocycles. The SMILES string of the molecule is C=CCOc1ccc(CNC(C2CC2)C2CC2)cc1. The summed E-state index contributed by atoms with van der Waals surface area (Å²) in [6.07, 6.45) is 7.50. The lowest BCUT2D eigenvalue weighted by molar-refractivity contribution is 0.363. The highest BCUT2D eigenvalue weighted by atomic mass is 16.5. The van der Waals surface area contributed by atoms with Gasteiger partial charge in [-0.3, -0.25) is 0 Å². The molecule has 1 N–H and O–H groups in total. The summed E-state index contributed by atoms with van der Waals surface area (Å²) in [6.45, 7) is 5.21. The van der Waals surface area contributed by atoms with Crippen LogP contribution in [0.15, 0.2) is 36.9 Å². The maximum Gasteiger partial charge on any atom is 0.119 e. The molecule has 0 unspecified atom stereocenters. The van der Waals surface area contributed by atoms with E-state index in [0.717, 1.165) is 30.2 Å². The molecule has 0 saturated heterocycles. The predicted octanol–water partition coefficient (Wildman–Crippen LogP) is 3.53. The maximum atomic E-state index is 5.49. The lowest BCUT2D eigenvalue weighted by Gasteiger charge is -2.17. The van der Waals surface area contributed by atoms with E-state index in [9.17, 15) is 0 Å². The Kier molecular flexibility index (Phi) is 3.88. The molecule has 1 aromatic carbocycles. The Bertz CT molecular complexity index is 405. The summed E-state index contributed by atoms with van der Waals surface area (Å²) in [5, 5.41) is 3.77. The minimum absolute atomic E-state index is 0.572. The van der Waals surface area contributed by atoms with Crippen molar-refractivity contribution in [2.75, 3.05) is 6.61 Å². The summed E-state index contributed by atoms with van der Waals surface area (Å²) in [5.41, 5.74) is 1.34. The first kappa shape index (κ1) is 12.7. The third kappa shape index (κ3) is 3.60. The molecule has 0 radical (unpaired) electrons. The molecule has 0 aliphatic heterocycles. The van der Waals surface area contributed by atoms with Crippen molar-refractivity contribution in [2.45, 2.75) is 38.3 Å². The van der Waals surface area contributed by atoms with Crippen LogP contribution in [0.2, 0.25) is 0 Å². The fourth-order valence-electron chi connectivity index (χ4n) is 2.72. The highest BCUT2D eigenvalue weighted by Gasteiger charge is 2.40. The van der Waals surface area contributed by atoms with Crippen LogP contribution in [0.4, 0.5) is 0 Å². The van der Waals surface area contributed by atoms with Crippen molar-refractivity contribution in [3.63, 3.8) is 0 Å². The Balaban J connectivity index is 1.50. The zero-order chi connectivity index (χ0) is 13.1. The van der Waals surface area contributed by atoms with Crippen LogP contribution in [-0.2, 0) is 6.54 Å². The Labute approximate surface area is 115 Å². The number of ether oxygens (including phenoxy) is 1. The van der Waals surface area contributed by atoms with E-state index < -0.39 is 0 Å². The molecule has 3 rings (SSSR count). The van der Waals surface area contributed by atoms with Crippen molar-refractivity contribution < 1.29 is 4.74 Å². The molecule has 19 heavy (non-hydrogen) atoms. The van der Waals surface area contributed by atoms with Crippen LogP contribution in [0.1, 0.15) is 31.2 Å². The van der Waals surface area contributed by atoms with Gasteiger partial charge in [0.2, 0.25) is 0 Å². The summed E-state index contributed by atoms with van der Waals surface area (Å²) in [4.78, 5) is 0. The van der Waals surface area contributed by atoms with E-state index in [1.54, 1.807) is 6.08 Å². The van der Waals surface area contributed by atoms with Crippen molar-refractivity contribution in [2.24, 2.45) is 11.8 Å². The van der Waals surface area contributed by atoms with Gasteiger partial charge in [0.05, 0.1) is 0 Å². The largest absolute Gasteiger partial charge is 0.490 e. The second kappa shape index (κ2) is 5.79. The molecule has 0 aromatic heterocycles. The molecule has 0 heterocycles. The smallest absolute Gasteiger partial charge is 0.119 e. The van der Waals surface area contributed by atoms with Gasteiger partial charge in [-0.2, -0.15) is 0 Å². The third-order valence-electron chi connectivity index (χ3n) is 4.09. The van der Waals surface area contributed by atoms with Gasteiger partial charge >= 0.3 is 0 Å². The topological polar surface area (TPSA) is 21.3 Å². The zero-order valence-corrected chi connectivity index (χ0v) is 11.5. The summed E-state index contributed by atoms with van der Waals surface area (Å²) in [5.74, 6) is 2.84. The molecule has 0 amide bonds. The lowest BCUT2D eigenvalue weighted by atomic mass is 10.1. The number of nitrogens with one attached hydrogen (secondary N) is 1. The highest BCUT2D eigenvalue weighted by molar-refractivity contribution is 5.27. The van der Waals surface area contributed by atoms with Crippen LogP contribution in [0.25, 0.3) is 0 Å². The van der Waals surface area contributed by atoms with E-state index in [1.807, 2.05) is 12.1 Å². The van der Waals surface area contributed by atoms with Gasteiger partial charge in [0.25, 0.3) is 0 Å². The van der Waals surface area contributed by atoms with Gasteiger partial charge in [0, 0.05) is 12.6 Å². The average molecular weight is 257 g/mol. The van der Waals surface area contributed by atoms with Gasteiger partial charge in [-0.15, -0.1) is 0 Å². The summed E-state index contributed by atoms with van der Waals surface area (Å²) >= 11 is 0. The number of benzene rings is 1. The van der Waals surface area contributed by atoms with Crippen molar-refractivity contribution in [3.05, 3.63) is 42.5 Å². The normalized spacial score (nSPS) is 18.6. The molecular weight excluding hydrogens is 234 g/mol. The Morgan fingerprint density at radius 2 is 1.79 bits per heavy atom. The molecule has 2 heteroatoms. The second-order valence-electron chi connectivity index (χ2n) is 5.83. The lowest BCUT2D eigenvalue weighted by Crippen LogP contribution is -2.32. The van der Waals surface area contributed by atoms with Gasteiger partial charge in [0.1, 0.15) is 12.4 Å². The minimum atomic E-state index is 0.572. The van der Waals surface area contributed by atoms with E-state index in [2.05, 4.69) is 24.0 Å². The van der Waals surface area contributed by atoms with Crippen molar-refractivity contribution in [3.8, 4) is 5.75 Å². The van der Waals surface area contributed by atoms with E-state index >= 15 is 0 Å². The quantitative estimate of drug-likeness (QED) is 0.719. The van der Waals surface area contributed by atoms with Gasteiger partial charge in [-0.1, -0.05) is 24.8 Å². The van der Waals surface area contributed by atoms with Crippen LogP contribution in [0.5, 0.6) is 5.75 Å². The number of hydrogen-bond acceptors (Lipinski definition) is 2. The molecule has 2 aliphatic rings. The van der Waals surface area contributed by atoms with Crippen molar-refractivity contribution >= 4 is 0 Å². The number of rotatable bonds is 8. The number of hydrogen-bond donors (Lipinski definition) is 1. The fraction of sp³-hybridized carbons (Fsp3) is 0.529. The zero-order valence-electron chi connectivity index (χ0n) is 11.5. The first-order valence-corrected chi connectivity index (χ1v) is 7.43. The Hall–Kier alpha value is -1.28. The monoisotopic (exact) mass is 257 g/mol. The predicted molar refractivity (Wildman–Crippen MR) is 78.2 cm³/mol. The molecule has 2 fully saturated rings. The molecular formula is C17H23NO. The molecule has 1 aromatic rings. The third-order valence-corrected chi connectivity index (χ3v) is 4.09. The minimum Gasteiger partial charge on any atom is -0.490 e. The molecule has 0 spiro atoms. The maximum absolute atomic E-state index is 5.49. The average Bonchev–Trinajstić information content (AvgIpc) is 3.30. The first-order valence-electron chi connectivity index (χ1n) is 7.43. The molecule has 2 aliphatic carbocycles. The Morgan fingerprint density at radius 1 is 1.16 bits per heavy atom. The van der Waals surface area contributed by atoms with Crippen molar-refractivity contribution in [1.29, 1.82) is 0 Å². The van der Waals surface area contributed by atoms with Crippen LogP contribution < -0.4 is 10.1 Å². The van der Waals surface area contributed by atoms with Crippen LogP contribution >= 0.6 is 0 Å². The standard InChI is InChI=1S/C17H23NO/c1-2-11-19-16-9-3-13(4-10-16)12-18-17(14-5-6-14)15-7-8-15/h2-4,9-10,14-15,17-18H,1,5-8,11-12H2. The van der Waals surface area contributed by atoms with Gasteiger partial charge < -0.3 is 10.1 Å². The van der Waals surface area contributed by atoms with Crippen molar-refractivity contribution in [1.82, 2.24) is 5.32 Å². The summed E-state index contributed by atoms with van der Waals surface area (Å²) < 4.78 is 5.49. The van der Waals surface area contributed by atoms with Gasteiger partial charge in [-0.25, -0.2) is 0 Å². The van der Waals surface area contributed by atoms with E-state index in [0.29, 0.717) is 6.61 Å². The van der Waals surface area contributed by atoms with E-state index in [-0.39, 0.29) is 0 Å². The van der Waals surface area contributed by atoms with E-state index in [1.165, 1.54) is 31.2 Å². The van der Waals surface area contributed by atoms with Gasteiger partial charge in [0.15, 0.2) is 0 Å². The molecule has 102 valence electrons. The fourth-order valence-corrected chi connectivity index (χ4v) is 2.72. The van der Waals surface area contributed by atoms with Gasteiger partial charge in [-0.05, 0) is 55.2 Å². The van der Waals surface area contributed by atoms with E-state index in [4.69, 9.17) is 4.74 Å². The van der Waals surface area contributed by atoms with Crippen LogP contribution in [0.3, 0.4) is 0 Å². The molecule has 0 bridgehead atoms. The highest BCUT2D eigenvalue weighted by Crippen LogP contribution is 2.44. The molecule has 2 nitrogen and oxygen atoms in total. The van der Waals surface area contributed by atoms with Crippen LogP contribution in [0, 0.1) is 11.8 Å². The summed E-state index contributed by atoms with van der Waals surface area (Å²) in [6, 6.07) is 9.18. The molecule has 0 atom stereocenters. The summed E-state index contributed by atoms with van der Waals surface area (Å²) in [7, 11) is 0.